The van der Waals surface area contributed by atoms with Crippen molar-refractivity contribution in [2.75, 3.05) is 38.2 Å². The summed E-state index contributed by atoms with van der Waals surface area (Å²) in [7, 11) is 1.66. The van der Waals surface area contributed by atoms with Crippen LogP contribution in [0.5, 0.6) is 11.6 Å². The Balaban J connectivity index is 1.45. The van der Waals surface area contributed by atoms with Gasteiger partial charge in [0.25, 0.3) is 0 Å². The van der Waals surface area contributed by atoms with Crippen molar-refractivity contribution in [2.24, 2.45) is 0 Å². The van der Waals surface area contributed by atoms with Crippen molar-refractivity contribution in [3.05, 3.63) is 70.6 Å². The summed E-state index contributed by atoms with van der Waals surface area (Å²) in [4.78, 5) is 10.2. The Morgan fingerprint density at radius 1 is 1.06 bits per heavy atom. The molecule has 1 unspecified atom stereocenters. The second kappa shape index (κ2) is 8.40. The number of anilines is 1. The van der Waals surface area contributed by atoms with Crippen molar-refractivity contribution in [1.82, 2.24) is 19.5 Å². The number of thiazole rings is 1. The third-order valence-corrected chi connectivity index (χ3v) is 6.94. The van der Waals surface area contributed by atoms with E-state index in [4.69, 9.17) is 4.74 Å². The van der Waals surface area contributed by atoms with Crippen LogP contribution >= 0.6 is 11.3 Å². The van der Waals surface area contributed by atoms with Crippen LogP contribution < -0.4 is 9.64 Å². The number of methoxy groups -OCH3 is 1. The number of aryl methyl sites for hydroxylation is 1. The highest BCUT2D eigenvalue weighted by atomic mass is 32.1. The number of piperazine rings is 1. The van der Waals surface area contributed by atoms with Gasteiger partial charge in [-0.05, 0) is 37.3 Å². The second-order valence-electron chi connectivity index (χ2n) is 7.79. The first kappa shape index (κ1) is 20.7. The largest absolute Gasteiger partial charge is 0.497 e. The lowest BCUT2D eigenvalue weighted by Crippen LogP contribution is -2.48. The average molecular weight is 454 g/mol. The molecule has 0 amide bonds. The lowest BCUT2D eigenvalue weighted by atomic mass is 10.0. The Labute approximate surface area is 189 Å². The fourth-order valence-corrected chi connectivity index (χ4v) is 5.41. The molecule has 2 aromatic heterocycles. The Morgan fingerprint density at radius 2 is 1.78 bits per heavy atom. The number of fused-ring (bicyclic) bond motifs is 1. The van der Waals surface area contributed by atoms with E-state index in [1.807, 2.05) is 18.2 Å². The molecule has 32 heavy (non-hydrogen) atoms. The maximum absolute atomic E-state index is 14.9. The van der Waals surface area contributed by atoms with Crippen LogP contribution in [-0.4, -0.2) is 57.9 Å². The van der Waals surface area contributed by atoms with Gasteiger partial charge in [-0.1, -0.05) is 29.5 Å². The zero-order valence-electron chi connectivity index (χ0n) is 17.9. The molecule has 2 aromatic carbocycles. The van der Waals surface area contributed by atoms with Crippen LogP contribution in [0.4, 0.5) is 10.1 Å². The number of ether oxygens (including phenoxy) is 1. The van der Waals surface area contributed by atoms with Gasteiger partial charge in [-0.3, -0.25) is 4.90 Å². The number of rotatable bonds is 5. The smallest absolute Gasteiger partial charge is 0.230 e. The summed E-state index contributed by atoms with van der Waals surface area (Å²) >= 11 is 1.35. The first-order chi connectivity index (χ1) is 15.5. The van der Waals surface area contributed by atoms with E-state index < -0.39 is 6.04 Å². The molecule has 0 radical (unpaired) electrons. The molecular formula is C23H24FN5O2S. The molecule has 4 aromatic rings. The Hall–Kier alpha value is -3.17. The SMILES string of the molecule is COc1ccc(N2CCN(C(c3ccccc3F)c3sc4nc(C)nn4c3O)CC2)cc1. The van der Waals surface area contributed by atoms with Crippen LogP contribution in [0.1, 0.15) is 22.3 Å². The molecule has 7 nitrogen and oxygen atoms in total. The first-order valence-corrected chi connectivity index (χ1v) is 11.3. The summed E-state index contributed by atoms with van der Waals surface area (Å²) < 4.78 is 21.6. The van der Waals surface area contributed by atoms with E-state index in [2.05, 4.69) is 32.0 Å². The maximum Gasteiger partial charge on any atom is 0.230 e. The molecule has 0 spiro atoms. The van der Waals surface area contributed by atoms with E-state index >= 15 is 0 Å². The fraction of sp³-hybridized carbons (Fsp3) is 0.304. The highest BCUT2D eigenvalue weighted by Gasteiger charge is 2.33. The van der Waals surface area contributed by atoms with Crippen LogP contribution in [0.3, 0.4) is 0 Å². The molecule has 0 bridgehead atoms. The van der Waals surface area contributed by atoms with Crippen molar-refractivity contribution in [1.29, 1.82) is 0 Å². The number of hydrogen-bond donors (Lipinski definition) is 1. The normalized spacial score (nSPS) is 15.9. The van der Waals surface area contributed by atoms with Gasteiger partial charge < -0.3 is 14.7 Å². The van der Waals surface area contributed by atoms with Gasteiger partial charge in [0, 0.05) is 37.4 Å². The molecule has 1 saturated heterocycles. The predicted molar refractivity (Wildman–Crippen MR) is 122 cm³/mol. The van der Waals surface area contributed by atoms with E-state index in [0.717, 1.165) is 37.6 Å². The van der Waals surface area contributed by atoms with Crippen molar-refractivity contribution < 1.29 is 14.2 Å². The van der Waals surface area contributed by atoms with Crippen molar-refractivity contribution in [2.45, 2.75) is 13.0 Å². The van der Waals surface area contributed by atoms with Crippen molar-refractivity contribution in [3.8, 4) is 11.6 Å². The summed E-state index contributed by atoms with van der Waals surface area (Å²) in [6, 6.07) is 14.4. The summed E-state index contributed by atoms with van der Waals surface area (Å²) in [6.07, 6.45) is 0. The summed E-state index contributed by atoms with van der Waals surface area (Å²) in [6.45, 7) is 4.80. The number of benzene rings is 2. The minimum atomic E-state index is -0.414. The van der Waals surface area contributed by atoms with Crippen LogP contribution in [0.2, 0.25) is 0 Å². The van der Waals surface area contributed by atoms with Gasteiger partial charge in [0.15, 0.2) is 0 Å². The van der Waals surface area contributed by atoms with Gasteiger partial charge in [0.1, 0.15) is 17.4 Å². The summed E-state index contributed by atoms with van der Waals surface area (Å²) in [5.41, 5.74) is 1.67. The van der Waals surface area contributed by atoms with Gasteiger partial charge >= 0.3 is 0 Å². The summed E-state index contributed by atoms with van der Waals surface area (Å²) in [5, 5.41) is 15.2. The Bertz CT molecular complexity index is 1230. The Kier molecular flexibility index (Phi) is 5.44. The number of nitrogens with zero attached hydrogens (tertiary/aromatic N) is 5. The molecule has 0 aliphatic carbocycles. The molecule has 5 rings (SSSR count). The van der Waals surface area contributed by atoms with Crippen molar-refractivity contribution >= 4 is 22.0 Å². The quantitative estimate of drug-likeness (QED) is 0.495. The van der Waals surface area contributed by atoms with Crippen LogP contribution in [0.25, 0.3) is 4.96 Å². The molecule has 9 heteroatoms. The van der Waals surface area contributed by atoms with E-state index in [1.54, 1.807) is 26.2 Å². The second-order valence-corrected chi connectivity index (χ2v) is 8.80. The lowest BCUT2D eigenvalue weighted by molar-refractivity contribution is 0.208. The average Bonchev–Trinajstić information content (AvgIpc) is 3.33. The van der Waals surface area contributed by atoms with E-state index in [1.165, 1.54) is 21.9 Å². The van der Waals surface area contributed by atoms with Crippen LogP contribution in [0.15, 0.2) is 48.5 Å². The number of aromatic hydroxyl groups is 1. The minimum absolute atomic E-state index is 0.0245. The lowest BCUT2D eigenvalue weighted by Gasteiger charge is -2.40. The number of aromatic nitrogens is 3. The van der Waals surface area contributed by atoms with Crippen LogP contribution in [-0.2, 0) is 0 Å². The molecule has 1 fully saturated rings. The minimum Gasteiger partial charge on any atom is -0.497 e. The molecule has 1 atom stereocenters. The van der Waals surface area contributed by atoms with Gasteiger partial charge in [-0.15, -0.1) is 5.10 Å². The Morgan fingerprint density at radius 3 is 2.44 bits per heavy atom. The van der Waals surface area contributed by atoms with Gasteiger partial charge in [0.2, 0.25) is 10.8 Å². The topological polar surface area (TPSA) is 66.1 Å². The third-order valence-electron chi connectivity index (χ3n) is 5.87. The van der Waals surface area contributed by atoms with E-state index in [9.17, 15) is 9.50 Å². The van der Waals surface area contributed by atoms with Gasteiger partial charge in [-0.2, -0.15) is 4.52 Å². The monoisotopic (exact) mass is 453 g/mol. The summed E-state index contributed by atoms with van der Waals surface area (Å²) in [5.74, 6) is 1.16. The standard InChI is InChI=1S/C23H24FN5O2S/c1-15-25-23-29(26-15)22(30)21(32-23)20(18-5-3-4-6-19(18)24)28-13-11-27(12-14-28)16-7-9-17(31-2)10-8-16/h3-10,20,30H,11-14H2,1-2H3. The zero-order valence-corrected chi connectivity index (χ0v) is 18.7. The highest BCUT2D eigenvalue weighted by molar-refractivity contribution is 7.17. The fourth-order valence-electron chi connectivity index (χ4n) is 4.26. The predicted octanol–water partition coefficient (Wildman–Crippen LogP) is 3.86. The highest BCUT2D eigenvalue weighted by Crippen LogP contribution is 2.41. The van der Waals surface area contributed by atoms with E-state index in [0.29, 0.717) is 21.2 Å². The number of hydrogen-bond acceptors (Lipinski definition) is 7. The molecule has 3 heterocycles. The third kappa shape index (κ3) is 3.67. The molecule has 1 aliphatic rings. The van der Waals surface area contributed by atoms with Crippen molar-refractivity contribution in [3.63, 3.8) is 0 Å². The molecular weight excluding hydrogens is 429 g/mol. The van der Waals surface area contributed by atoms with Crippen LogP contribution in [0, 0.1) is 12.7 Å². The number of halogens is 1. The van der Waals surface area contributed by atoms with Gasteiger partial charge in [0.05, 0.1) is 18.0 Å². The van der Waals surface area contributed by atoms with Gasteiger partial charge in [-0.25, -0.2) is 9.37 Å². The first-order valence-electron chi connectivity index (χ1n) is 10.5. The molecule has 1 aliphatic heterocycles. The molecule has 1 N–H and O–H groups in total. The molecule has 0 saturated carbocycles. The maximum atomic E-state index is 14.9. The molecule has 166 valence electrons. The van der Waals surface area contributed by atoms with E-state index in [-0.39, 0.29) is 11.7 Å². The zero-order chi connectivity index (χ0) is 22.2.